The van der Waals surface area contributed by atoms with Gasteiger partial charge >= 0.3 is 0 Å². The summed E-state index contributed by atoms with van der Waals surface area (Å²) in [5.74, 6) is 0.218. The Labute approximate surface area is 150 Å². The fourth-order valence-electron chi connectivity index (χ4n) is 3.87. The van der Waals surface area contributed by atoms with Crippen LogP contribution in [-0.2, 0) is 17.8 Å². The van der Waals surface area contributed by atoms with Crippen molar-refractivity contribution in [3.8, 4) is 5.75 Å². The molecule has 134 valence electrons. The lowest BCUT2D eigenvalue weighted by Crippen LogP contribution is -2.44. The lowest BCUT2D eigenvalue weighted by molar-refractivity contribution is -0.384. The van der Waals surface area contributed by atoms with Crippen LogP contribution in [0.3, 0.4) is 0 Å². The number of carbonyl (C=O) groups excluding carboxylic acids is 1. The molecule has 0 spiro atoms. The highest BCUT2D eigenvalue weighted by Gasteiger charge is 2.38. The van der Waals surface area contributed by atoms with Gasteiger partial charge in [-0.15, -0.1) is 0 Å². The van der Waals surface area contributed by atoms with Gasteiger partial charge in [-0.25, -0.2) is 0 Å². The fourth-order valence-corrected chi connectivity index (χ4v) is 3.87. The molecule has 2 aliphatic heterocycles. The molecule has 0 aliphatic carbocycles. The number of phenols is 1. The summed E-state index contributed by atoms with van der Waals surface area (Å²) in [5.41, 5.74) is 2.82. The maximum absolute atomic E-state index is 12.9. The van der Waals surface area contributed by atoms with E-state index >= 15 is 0 Å². The molecule has 1 amide bonds. The summed E-state index contributed by atoms with van der Waals surface area (Å²) in [4.78, 5) is 27.2. The molecule has 1 saturated heterocycles. The fraction of sp³-hybridized carbons (Fsp3) is 0.316. The molecule has 0 saturated carbocycles. The van der Waals surface area contributed by atoms with E-state index < -0.39 is 4.92 Å². The summed E-state index contributed by atoms with van der Waals surface area (Å²) in [7, 11) is 0. The number of nitrogens with zero attached hydrogens (tertiary/aromatic N) is 3. The average molecular weight is 353 g/mol. The number of non-ortho nitro benzene ring substituents is 1. The van der Waals surface area contributed by atoms with Crippen molar-refractivity contribution in [2.45, 2.75) is 25.4 Å². The zero-order valence-electron chi connectivity index (χ0n) is 14.2. The number of nitro groups is 1. The number of phenolic OH excluding ortho intramolecular Hbond substituents is 1. The van der Waals surface area contributed by atoms with Crippen LogP contribution < -0.4 is 4.90 Å². The van der Waals surface area contributed by atoms with Crippen molar-refractivity contribution >= 4 is 17.3 Å². The van der Waals surface area contributed by atoms with E-state index in [2.05, 4.69) is 4.90 Å². The molecule has 7 heteroatoms. The molecule has 2 aromatic rings. The number of anilines is 1. The number of fused-ring (bicyclic) bond motifs is 1. The average Bonchev–Trinajstić information content (AvgIpc) is 3.02. The number of amides is 1. The van der Waals surface area contributed by atoms with E-state index in [9.17, 15) is 20.0 Å². The van der Waals surface area contributed by atoms with Gasteiger partial charge in [0.25, 0.3) is 5.69 Å². The molecule has 0 bridgehead atoms. The zero-order chi connectivity index (χ0) is 18.3. The van der Waals surface area contributed by atoms with Crippen molar-refractivity contribution in [1.29, 1.82) is 0 Å². The first-order valence-corrected chi connectivity index (χ1v) is 8.63. The van der Waals surface area contributed by atoms with E-state index in [1.807, 2.05) is 6.07 Å². The first-order chi connectivity index (χ1) is 12.5. The summed E-state index contributed by atoms with van der Waals surface area (Å²) in [6, 6.07) is 11.4. The third kappa shape index (κ3) is 2.90. The first kappa shape index (κ1) is 16.5. The third-order valence-electron chi connectivity index (χ3n) is 5.20. The van der Waals surface area contributed by atoms with Crippen LogP contribution >= 0.6 is 0 Å². The monoisotopic (exact) mass is 353 g/mol. The number of carbonyl (C=O) groups is 1. The van der Waals surface area contributed by atoms with Gasteiger partial charge in [0.15, 0.2) is 0 Å². The minimum Gasteiger partial charge on any atom is -0.508 e. The van der Waals surface area contributed by atoms with Crippen molar-refractivity contribution in [3.05, 3.63) is 63.7 Å². The molecule has 0 unspecified atom stereocenters. The van der Waals surface area contributed by atoms with Gasteiger partial charge in [-0.1, -0.05) is 12.1 Å². The van der Waals surface area contributed by atoms with Gasteiger partial charge in [0.1, 0.15) is 5.75 Å². The Hall–Kier alpha value is -2.93. The summed E-state index contributed by atoms with van der Waals surface area (Å²) in [6.07, 6.45) is 1.53. The Morgan fingerprint density at radius 3 is 2.77 bits per heavy atom. The number of nitro benzene ring substituents is 1. The van der Waals surface area contributed by atoms with Gasteiger partial charge in [0, 0.05) is 31.8 Å². The normalized spacial score (nSPS) is 20.2. The molecule has 26 heavy (non-hydrogen) atoms. The van der Waals surface area contributed by atoms with Gasteiger partial charge in [-0.2, -0.15) is 0 Å². The highest BCUT2D eigenvalue weighted by molar-refractivity contribution is 5.99. The van der Waals surface area contributed by atoms with Crippen LogP contribution in [0.5, 0.6) is 5.75 Å². The summed E-state index contributed by atoms with van der Waals surface area (Å²) in [5, 5.41) is 20.7. The number of hydrogen-bond acceptors (Lipinski definition) is 5. The van der Waals surface area contributed by atoms with E-state index in [1.54, 1.807) is 29.2 Å². The molecule has 2 heterocycles. The number of hydrogen-bond donors (Lipinski definition) is 1. The lowest BCUT2D eigenvalue weighted by atomic mass is 9.98. The predicted octanol–water partition coefficient (Wildman–Crippen LogP) is 2.46. The highest BCUT2D eigenvalue weighted by Crippen LogP contribution is 2.30. The van der Waals surface area contributed by atoms with E-state index in [0.29, 0.717) is 25.2 Å². The Morgan fingerprint density at radius 1 is 1.12 bits per heavy atom. The molecule has 4 rings (SSSR count). The van der Waals surface area contributed by atoms with Crippen molar-refractivity contribution in [1.82, 2.24) is 4.90 Å². The Kier molecular flexibility index (Phi) is 4.08. The Morgan fingerprint density at radius 2 is 1.96 bits per heavy atom. The molecule has 7 nitrogen and oxygen atoms in total. The summed E-state index contributed by atoms with van der Waals surface area (Å²) >= 11 is 0. The lowest BCUT2D eigenvalue weighted by Gasteiger charge is -2.32. The molecule has 2 aliphatic rings. The molecular formula is C19H19N3O4. The molecule has 0 aromatic heterocycles. The van der Waals surface area contributed by atoms with Gasteiger partial charge in [0.2, 0.25) is 5.91 Å². The largest absolute Gasteiger partial charge is 0.508 e. The standard InChI is InChI=1S/C19H19N3O4/c23-17-5-4-13-6-8-20(12-14(13)10-17)18-7-9-21(19(18)24)15-2-1-3-16(11-15)22(25)26/h1-5,10-11,18,23H,6-9,12H2/t18-/m1/s1. The molecule has 1 N–H and O–H groups in total. The maximum atomic E-state index is 12.9. The van der Waals surface area contributed by atoms with Crippen LogP contribution in [0.25, 0.3) is 0 Å². The predicted molar refractivity (Wildman–Crippen MR) is 96.1 cm³/mol. The molecule has 0 radical (unpaired) electrons. The quantitative estimate of drug-likeness (QED) is 0.677. The van der Waals surface area contributed by atoms with Crippen molar-refractivity contribution in [3.63, 3.8) is 0 Å². The van der Waals surface area contributed by atoms with Crippen LogP contribution in [0.4, 0.5) is 11.4 Å². The van der Waals surface area contributed by atoms with Gasteiger partial charge < -0.3 is 10.0 Å². The Bertz CT molecular complexity index is 883. The first-order valence-electron chi connectivity index (χ1n) is 8.63. The van der Waals surface area contributed by atoms with E-state index in [4.69, 9.17) is 0 Å². The van der Waals surface area contributed by atoms with Crippen LogP contribution in [0.15, 0.2) is 42.5 Å². The van der Waals surface area contributed by atoms with Crippen LogP contribution in [-0.4, -0.2) is 40.0 Å². The third-order valence-corrected chi connectivity index (χ3v) is 5.20. The minimum absolute atomic E-state index is 0.0128. The van der Waals surface area contributed by atoms with Crippen molar-refractivity contribution < 1.29 is 14.8 Å². The van der Waals surface area contributed by atoms with E-state index in [0.717, 1.165) is 18.5 Å². The minimum atomic E-state index is -0.449. The second kappa shape index (κ2) is 6.42. The van der Waals surface area contributed by atoms with Crippen molar-refractivity contribution in [2.75, 3.05) is 18.0 Å². The molecule has 1 fully saturated rings. The number of rotatable bonds is 3. The number of aromatic hydroxyl groups is 1. The smallest absolute Gasteiger partial charge is 0.271 e. The second-order valence-corrected chi connectivity index (χ2v) is 6.74. The van der Waals surface area contributed by atoms with Crippen LogP contribution in [0, 0.1) is 10.1 Å². The molecular weight excluding hydrogens is 334 g/mol. The Balaban J connectivity index is 1.53. The number of benzene rings is 2. The van der Waals surface area contributed by atoms with E-state index in [1.165, 1.54) is 17.7 Å². The molecule has 2 aromatic carbocycles. The van der Waals surface area contributed by atoms with Gasteiger partial charge in [-0.05, 0) is 42.2 Å². The second-order valence-electron chi connectivity index (χ2n) is 6.74. The topological polar surface area (TPSA) is 86.9 Å². The van der Waals surface area contributed by atoms with E-state index in [-0.39, 0.29) is 23.4 Å². The summed E-state index contributed by atoms with van der Waals surface area (Å²) < 4.78 is 0. The molecule has 1 atom stereocenters. The van der Waals surface area contributed by atoms with Crippen LogP contribution in [0.2, 0.25) is 0 Å². The van der Waals surface area contributed by atoms with Crippen molar-refractivity contribution in [2.24, 2.45) is 0 Å². The van der Waals surface area contributed by atoms with Gasteiger partial charge in [0.05, 0.1) is 16.7 Å². The maximum Gasteiger partial charge on any atom is 0.271 e. The zero-order valence-corrected chi connectivity index (χ0v) is 14.2. The van der Waals surface area contributed by atoms with Crippen LogP contribution in [0.1, 0.15) is 17.5 Å². The highest BCUT2D eigenvalue weighted by atomic mass is 16.6. The summed E-state index contributed by atoms with van der Waals surface area (Å²) in [6.45, 7) is 1.97. The SMILES string of the molecule is O=C1[C@H](N2CCc3ccc(O)cc3C2)CCN1c1cccc([N+](=O)[O-])c1. The van der Waals surface area contributed by atoms with Gasteiger partial charge in [-0.3, -0.25) is 19.8 Å².